The molecule has 0 fully saturated rings. The summed E-state index contributed by atoms with van der Waals surface area (Å²) in [5.74, 6) is 0.972. The molecule has 2 N–H and O–H groups in total. The molecule has 15 heavy (non-hydrogen) atoms. The van der Waals surface area contributed by atoms with E-state index in [4.69, 9.17) is 5.73 Å². The van der Waals surface area contributed by atoms with Crippen molar-refractivity contribution < 1.29 is 0 Å². The molecule has 1 aromatic carbocycles. The van der Waals surface area contributed by atoms with Crippen molar-refractivity contribution in [2.45, 2.75) is 5.75 Å². The van der Waals surface area contributed by atoms with Gasteiger partial charge in [-0.25, -0.2) is 4.99 Å². The van der Waals surface area contributed by atoms with Gasteiger partial charge in [0.2, 0.25) is 0 Å². The summed E-state index contributed by atoms with van der Waals surface area (Å²) >= 11 is 4.17. The van der Waals surface area contributed by atoms with Crippen LogP contribution in [0.25, 0.3) is 0 Å². The number of halogens is 1. The predicted molar refractivity (Wildman–Crippen MR) is 83.6 cm³/mol. The summed E-state index contributed by atoms with van der Waals surface area (Å²) in [6.07, 6.45) is 0. The summed E-state index contributed by atoms with van der Waals surface area (Å²) in [6.45, 7) is 0.123. The van der Waals surface area contributed by atoms with Gasteiger partial charge in [-0.05, 0) is 23.0 Å². The van der Waals surface area contributed by atoms with Crippen LogP contribution in [-0.2, 0) is 5.75 Å². The molecule has 0 aliphatic carbocycles. The van der Waals surface area contributed by atoms with Gasteiger partial charge in [0, 0.05) is 27.0 Å². The summed E-state index contributed by atoms with van der Waals surface area (Å²) in [6, 6.07) is 10.4. The molecular formula is C9H9IN2S3. The normalized spacial score (nSPS) is 20.5. The van der Waals surface area contributed by atoms with Crippen LogP contribution in [0.2, 0.25) is 0 Å². The Labute approximate surface area is 111 Å². The first-order valence-electron chi connectivity index (χ1n) is 4.22. The first kappa shape index (κ1) is 11.8. The molecule has 1 heterocycles. The summed E-state index contributed by atoms with van der Waals surface area (Å²) in [5, 5.41) is 0.697. The summed E-state index contributed by atoms with van der Waals surface area (Å²) in [5.41, 5.74) is 6.99. The molecule has 1 aromatic rings. The van der Waals surface area contributed by atoms with Crippen LogP contribution < -0.4 is 5.73 Å². The highest BCUT2D eigenvalue weighted by molar-refractivity contribution is 14.2. The van der Waals surface area contributed by atoms with Crippen molar-refractivity contribution in [2.24, 2.45) is 10.7 Å². The van der Waals surface area contributed by atoms with E-state index in [-0.39, 0.29) is 6.69 Å². The van der Waals surface area contributed by atoms with E-state index in [9.17, 15) is 0 Å². The fourth-order valence-electron chi connectivity index (χ4n) is 1.05. The minimum atomic E-state index is 0.123. The maximum absolute atomic E-state index is 5.67. The lowest BCUT2D eigenvalue weighted by molar-refractivity contribution is 1.42. The number of hydrogen-bond donors (Lipinski definition) is 1. The van der Waals surface area contributed by atoms with Gasteiger partial charge in [0.15, 0.2) is 5.17 Å². The van der Waals surface area contributed by atoms with Crippen molar-refractivity contribution in [3.05, 3.63) is 35.9 Å². The zero-order chi connectivity index (χ0) is 10.7. The average molecular weight is 368 g/mol. The minimum Gasteiger partial charge on any atom is -0.377 e. The number of thioether (sulfide) groups is 1. The fourth-order valence-corrected chi connectivity index (χ4v) is 7.61. The van der Waals surface area contributed by atoms with Gasteiger partial charge in [-0.1, -0.05) is 42.1 Å². The van der Waals surface area contributed by atoms with Gasteiger partial charge in [-0.15, -0.1) is 0 Å². The summed E-state index contributed by atoms with van der Waals surface area (Å²) in [4.78, 5) is 4.33. The molecule has 1 aliphatic rings. The van der Waals surface area contributed by atoms with E-state index in [1.165, 1.54) is 5.56 Å². The second-order valence-corrected chi connectivity index (χ2v) is 11.4. The Hall–Kier alpha value is 0.340. The van der Waals surface area contributed by atoms with E-state index < -0.39 is 0 Å². The van der Waals surface area contributed by atoms with Gasteiger partial charge in [0.25, 0.3) is 0 Å². The largest absolute Gasteiger partial charge is 0.377 e. The fraction of sp³-hybridized carbons (Fsp3) is 0.111. The van der Waals surface area contributed by atoms with Gasteiger partial charge in [0.1, 0.15) is 4.32 Å². The van der Waals surface area contributed by atoms with E-state index in [0.717, 1.165) is 10.1 Å². The minimum absolute atomic E-state index is 0.123. The number of rotatable bonds is 2. The highest BCUT2D eigenvalue weighted by Crippen LogP contribution is 2.47. The zero-order valence-corrected chi connectivity index (χ0v) is 12.3. The number of nitrogens with zero attached hydrogens (tertiary/aromatic N) is 1. The van der Waals surface area contributed by atoms with Crippen molar-refractivity contribution in [3.63, 3.8) is 0 Å². The molecule has 0 radical (unpaired) electrons. The molecule has 6 heteroatoms. The number of amidine groups is 1. The molecule has 0 spiro atoms. The quantitative estimate of drug-likeness (QED) is 0.493. The van der Waals surface area contributed by atoms with Crippen LogP contribution in [0.3, 0.4) is 0 Å². The van der Waals surface area contributed by atoms with Gasteiger partial charge in [-0.3, -0.25) is 0 Å². The number of hydrogen-bond acceptors (Lipinski definition) is 4. The Kier molecular flexibility index (Phi) is 4.41. The predicted octanol–water partition coefficient (Wildman–Crippen LogP) is 3.60. The third kappa shape index (κ3) is 3.40. The van der Waals surface area contributed by atoms with Gasteiger partial charge in [0.05, 0.1) is 0 Å². The van der Waals surface area contributed by atoms with Crippen LogP contribution in [0.1, 0.15) is 5.56 Å². The van der Waals surface area contributed by atoms with Crippen molar-refractivity contribution in [1.29, 1.82) is 0 Å². The Bertz CT molecular complexity index is 417. The third-order valence-corrected chi connectivity index (χ3v) is 9.65. The van der Waals surface area contributed by atoms with Crippen LogP contribution in [-0.4, -0.2) is 9.49 Å². The highest BCUT2D eigenvalue weighted by Gasteiger charge is 2.13. The van der Waals surface area contributed by atoms with Crippen molar-refractivity contribution in [1.82, 2.24) is 0 Å². The SMILES string of the molecule is NC1=NC(SCc2ccccc2)=S(I)S1. The molecule has 0 saturated carbocycles. The van der Waals surface area contributed by atoms with Crippen molar-refractivity contribution in [2.75, 3.05) is 0 Å². The molecule has 1 aliphatic heterocycles. The Balaban J connectivity index is 1.97. The molecule has 1 unspecified atom stereocenters. The summed E-state index contributed by atoms with van der Waals surface area (Å²) in [7, 11) is 1.65. The van der Waals surface area contributed by atoms with Gasteiger partial charge in [-0.2, -0.15) is 0 Å². The van der Waals surface area contributed by atoms with Crippen molar-refractivity contribution in [3.8, 4) is 0 Å². The van der Waals surface area contributed by atoms with E-state index in [0.29, 0.717) is 5.17 Å². The van der Waals surface area contributed by atoms with E-state index >= 15 is 0 Å². The maximum atomic E-state index is 5.67. The Morgan fingerprint density at radius 3 is 2.73 bits per heavy atom. The van der Waals surface area contributed by atoms with Crippen molar-refractivity contribution >= 4 is 59.9 Å². The first-order chi connectivity index (χ1) is 7.25. The number of nitrogens with two attached hydrogens (primary N) is 1. The molecule has 80 valence electrons. The zero-order valence-electron chi connectivity index (χ0n) is 7.72. The monoisotopic (exact) mass is 368 g/mol. The molecule has 0 bridgehead atoms. The van der Waals surface area contributed by atoms with Crippen LogP contribution in [0, 0.1) is 0 Å². The summed E-state index contributed by atoms with van der Waals surface area (Å²) < 4.78 is 1.15. The highest BCUT2D eigenvalue weighted by atomic mass is 127. The lowest BCUT2D eigenvalue weighted by Crippen LogP contribution is -2.02. The topological polar surface area (TPSA) is 38.4 Å². The van der Waals surface area contributed by atoms with Crippen LogP contribution in [0.5, 0.6) is 0 Å². The first-order valence-corrected chi connectivity index (χ1v) is 10.3. The Morgan fingerprint density at radius 2 is 2.13 bits per heavy atom. The molecule has 0 saturated heterocycles. The van der Waals surface area contributed by atoms with E-state index in [2.05, 4.69) is 50.5 Å². The smallest absolute Gasteiger partial charge is 0.171 e. The lowest BCUT2D eigenvalue weighted by atomic mass is 10.2. The second-order valence-electron chi connectivity index (χ2n) is 2.80. The average Bonchev–Trinajstić information content (AvgIpc) is 2.56. The lowest BCUT2D eigenvalue weighted by Gasteiger charge is -2.00. The molecule has 0 aromatic heterocycles. The third-order valence-electron chi connectivity index (χ3n) is 1.70. The molecule has 2 rings (SSSR count). The van der Waals surface area contributed by atoms with Gasteiger partial charge < -0.3 is 5.73 Å². The number of benzene rings is 1. The van der Waals surface area contributed by atoms with E-state index in [1.807, 2.05) is 6.07 Å². The molecular weight excluding hydrogens is 359 g/mol. The van der Waals surface area contributed by atoms with Crippen LogP contribution in [0.15, 0.2) is 35.3 Å². The molecule has 1 atom stereocenters. The van der Waals surface area contributed by atoms with E-state index in [1.54, 1.807) is 22.6 Å². The second kappa shape index (κ2) is 5.60. The Morgan fingerprint density at radius 1 is 1.40 bits per heavy atom. The maximum Gasteiger partial charge on any atom is 0.171 e. The van der Waals surface area contributed by atoms with Gasteiger partial charge >= 0.3 is 0 Å². The standard InChI is InChI=1S/C9H9IN2S3/c10-15-9(12-8(11)14-15)13-6-7-4-2-1-3-5-7/h1-5H,6H2,(H2,11,12). The van der Waals surface area contributed by atoms with Crippen LogP contribution in [0.4, 0.5) is 0 Å². The molecule has 0 amide bonds. The van der Waals surface area contributed by atoms with Crippen LogP contribution >= 0.6 is 50.4 Å². The number of aliphatic imine (C=N–C) groups is 1. The molecule has 2 nitrogen and oxygen atoms in total.